The lowest BCUT2D eigenvalue weighted by atomic mass is 10.2. The van der Waals surface area contributed by atoms with Gasteiger partial charge in [0.25, 0.3) is 5.91 Å². The summed E-state index contributed by atoms with van der Waals surface area (Å²) in [4.78, 5) is 36.8. The van der Waals surface area contributed by atoms with Crippen molar-refractivity contribution in [3.8, 4) is 0 Å². The molecule has 0 aromatic carbocycles. The molecular formula is C14H18N2O4S. The summed E-state index contributed by atoms with van der Waals surface area (Å²) in [6.07, 6.45) is 2.48. The average Bonchev–Trinajstić information content (AvgIpc) is 2.76. The molecule has 0 bridgehead atoms. The number of nitrogens with one attached hydrogen (secondary N) is 1. The molecule has 0 aliphatic rings. The van der Waals surface area contributed by atoms with E-state index >= 15 is 0 Å². The quantitative estimate of drug-likeness (QED) is 0.804. The van der Waals surface area contributed by atoms with Gasteiger partial charge in [0, 0.05) is 25.0 Å². The molecule has 7 heteroatoms. The average molecular weight is 310 g/mol. The molecule has 2 N–H and O–H groups in total. The minimum Gasteiger partial charge on any atom is -0.478 e. The second-order valence-electron chi connectivity index (χ2n) is 4.76. The Labute approximate surface area is 127 Å². The first-order valence-corrected chi connectivity index (χ1v) is 7.07. The van der Waals surface area contributed by atoms with Gasteiger partial charge in [-0.05, 0) is 31.6 Å². The van der Waals surface area contributed by atoms with Crippen LogP contribution in [0.3, 0.4) is 0 Å². The highest BCUT2D eigenvalue weighted by Gasteiger charge is 2.19. The van der Waals surface area contributed by atoms with Crippen LogP contribution in [0.1, 0.15) is 27.0 Å². The van der Waals surface area contributed by atoms with Crippen LogP contribution in [-0.4, -0.2) is 47.9 Å². The van der Waals surface area contributed by atoms with Gasteiger partial charge in [-0.1, -0.05) is 0 Å². The first-order chi connectivity index (χ1) is 9.72. The molecule has 0 spiro atoms. The Morgan fingerprint density at radius 1 is 1.38 bits per heavy atom. The highest BCUT2D eigenvalue weighted by molar-refractivity contribution is 7.15. The second-order valence-corrected chi connectivity index (χ2v) is 5.84. The number of likely N-dealkylation sites (N-methyl/N-ethyl adjacent to an activating group) is 1. The lowest BCUT2D eigenvalue weighted by Crippen LogP contribution is -2.44. The van der Waals surface area contributed by atoms with Gasteiger partial charge < -0.3 is 15.3 Å². The lowest BCUT2D eigenvalue weighted by molar-refractivity contribution is -0.131. The number of rotatable bonds is 5. The van der Waals surface area contributed by atoms with Crippen molar-refractivity contribution < 1.29 is 19.5 Å². The fraction of sp³-hybridized carbons (Fsp3) is 0.357. The van der Waals surface area contributed by atoms with Crippen LogP contribution in [0.4, 0.5) is 0 Å². The third-order valence-corrected chi connectivity index (χ3v) is 3.92. The largest absolute Gasteiger partial charge is 0.478 e. The van der Waals surface area contributed by atoms with Crippen LogP contribution in [0.15, 0.2) is 12.1 Å². The van der Waals surface area contributed by atoms with Crippen molar-refractivity contribution >= 4 is 35.2 Å². The number of hydrogen-bond acceptors (Lipinski definition) is 4. The molecule has 0 saturated heterocycles. The van der Waals surface area contributed by atoms with Crippen LogP contribution in [0, 0.1) is 6.92 Å². The summed E-state index contributed by atoms with van der Waals surface area (Å²) in [7, 11) is 3.24. The van der Waals surface area contributed by atoms with Gasteiger partial charge in [0.15, 0.2) is 0 Å². The SMILES string of the molecule is Cc1cc(C(=O)NC(C)C(=O)N(C)C)sc1/C=C/C(=O)O. The molecule has 1 atom stereocenters. The number of thiophene rings is 1. The van der Waals surface area contributed by atoms with E-state index in [9.17, 15) is 14.4 Å². The van der Waals surface area contributed by atoms with E-state index in [1.165, 1.54) is 22.3 Å². The van der Waals surface area contributed by atoms with E-state index in [4.69, 9.17) is 5.11 Å². The number of aliphatic carboxylic acids is 1. The van der Waals surface area contributed by atoms with Crippen molar-refractivity contribution in [2.75, 3.05) is 14.1 Å². The monoisotopic (exact) mass is 310 g/mol. The van der Waals surface area contributed by atoms with E-state index in [1.807, 2.05) is 0 Å². The normalized spacial score (nSPS) is 12.2. The van der Waals surface area contributed by atoms with Crippen molar-refractivity contribution in [3.63, 3.8) is 0 Å². The number of carboxylic acid groups (broad SMARTS) is 1. The standard InChI is InChI=1S/C14H18N2O4S/c1-8-7-11(21-10(8)5-6-12(17)18)13(19)15-9(2)14(20)16(3)4/h5-7,9H,1-4H3,(H,15,19)(H,17,18)/b6-5+. The molecule has 114 valence electrons. The van der Waals surface area contributed by atoms with Crippen LogP contribution >= 0.6 is 11.3 Å². The number of hydrogen-bond donors (Lipinski definition) is 2. The van der Waals surface area contributed by atoms with Gasteiger partial charge in [-0.15, -0.1) is 11.3 Å². The Hall–Kier alpha value is -2.15. The predicted molar refractivity (Wildman–Crippen MR) is 81.3 cm³/mol. The summed E-state index contributed by atoms with van der Waals surface area (Å²) in [6, 6.07) is 1.06. The highest BCUT2D eigenvalue weighted by Crippen LogP contribution is 2.23. The molecule has 1 aromatic rings. The summed E-state index contributed by atoms with van der Waals surface area (Å²) in [5, 5.41) is 11.2. The number of nitrogens with zero attached hydrogens (tertiary/aromatic N) is 1. The molecule has 0 fully saturated rings. The number of carbonyl (C=O) groups is 3. The number of carboxylic acids is 1. The Morgan fingerprint density at radius 3 is 2.52 bits per heavy atom. The van der Waals surface area contributed by atoms with Crippen molar-refractivity contribution in [3.05, 3.63) is 27.5 Å². The molecule has 0 aliphatic heterocycles. The van der Waals surface area contributed by atoms with Gasteiger partial charge in [0.2, 0.25) is 5.91 Å². The van der Waals surface area contributed by atoms with Gasteiger partial charge in [0.1, 0.15) is 6.04 Å². The number of aryl methyl sites for hydroxylation is 1. The zero-order valence-electron chi connectivity index (χ0n) is 12.3. The molecule has 1 unspecified atom stereocenters. The number of amides is 2. The van der Waals surface area contributed by atoms with Crippen LogP contribution in [0.25, 0.3) is 6.08 Å². The van der Waals surface area contributed by atoms with Crippen molar-refractivity contribution in [2.45, 2.75) is 19.9 Å². The fourth-order valence-corrected chi connectivity index (χ4v) is 2.62. The Morgan fingerprint density at radius 2 is 2.00 bits per heavy atom. The molecule has 0 saturated carbocycles. The highest BCUT2D eigenvalue weighted by atomic mass is 32.1. The van der Waals surface area contributed by atoms with E-state index < -0.39 is 12.0 Å². The van der Waals surface area contributed by atoms with Crippen LogP contribution in [0.5, 0.6) is 0 Å². The Kier molecular flexibility index (Phi) is 5.66. The van der Waals surface area contributed by atoms with Crippen LogP contribution < -0.4 is 5.32 Å². The molecule has 0 aliphatic carbocycles. The summed E-state index contributed by atoms with van der Waals surface area (Å²) in [6.45, 7) is 3.41. The lowest BCUT2D eigenvalue weighted by Gasteiger charge is -2.17. The predicted octanol–water partition coefficient (Wildman–Crippen LogP) is 1.36. The maximum absolute atomic E-state index is 12.1. The fourth-order valence-electron chi connectivity index (χ4n) is 1.64. The molecule has 1 aromatic heterocycles. The first kappa shape index (κ1) is 16.9. The maximum Gasteiger partial charge on any atom is 0.328 e. The van der Waals surface area contributed by atoms with E-state index in [-0.39, 0.29) is 11.8 Å². The van der Waals surface area contributed by atoms with Gasteiger partial charge in [-0.3, -0.25) is 9.59 Å². The zero-order valence-corrected chi connectivity index (χ0v) is 13.2. The van der Waals surface area contributed by atoms with E-state index in [0.29, 0.717) is 9.75 Å². The van der Waals surface area contributed by atoms with E-state index in [0.717, 1.165) is 11.6 Å². The van der Waals surface area contributed by atoms with Crippen LogP contribution in [-0.2, 0) is 9.59 Å². The molecule has 21 heavy (non-hydrogen) atoms. The zero-order chi connectivity index (χ0) is 16.2. The minimum atomic E-state index is -1.04. The van der Waals surface area contributed by atoms with Crippen molar-refractivity contribution in [1.29, 1.82) is 0 Å². The molecule has 2 amide bonds. The maximum atomic E-state index is 12.1. The molecule has 0 radical (unpaired) electrons. The summed E-state index contributed by atoms with van der Waals surface area (Å²) in [5.41, 5.74) is 0.814. The van der Waals surface area contributed by atoms with Crippen molar-refractivity contribution in [2.24, 2.45) is 0 Å². The number of carbonyl (C=O) groups excluding carboxylic acids is 2. The molecule has 1 rings (SSSR count). The van der Waals surface area contributed by atoms with Gasteiger partial charge in [-0.25, -0.2) is 4.79 Å². The Balaban J connectivity index is 2.82. The summed E-state index contributed by atoms with van der Waals surface area (Å²) in [5.74, 6) is -1.58. The summed E-state index contributed by atoms with van der Waals surface area (Å²) < 4.78 is 0. The second kappa shape index (κ2) is 7.03. The summed E-state index contributed by atoms with van der Waals surface area (Å²) >= 11 is 1.18. The minimum absolute atomic E-state index is 0.192. The first-order valence-electron chi connectivity index (χ1n) is 6.25. The van der Waals surface area contributed by atoms with Gasteiger partial charge in [0.05, 0.1) is 4.88 Å². The van der Waals surface area contributed by atoms with Gasteiger partial charge in [-0.2, -0.15) is 0 Å². The molecular weight excluding hydrogens is 292 g/mol. The van der Waals surface area contributed by atoms with Gasteiger partial charge >= 0.3 is 5.97 Å². The van der Waals surface area contributed by atoms with E-state index in [1.54, 1.807) is 34.0 Å². The van der Waals surface area contributed by atoms with Crippen LogP contribution in [0.2, 0.25) is 0 Å². The Bertz CT molecular complexity index is 590. The van der Waals surface area contributed by atoms with E-state index in [2.05, 4.69) is 5.32 Å². The topological polar surface area (TPSA) is 86.7 Å². The third-order valence-electron chi connectivity index (χ3n) is 2.72. The molecule has 1 heterocycles. The third kappa shape index (κ3) is 4.71. The smallest absolute Gasteiger partial charge is 0.328 e. The molecule has 6 nitrogen and oxygen atoms in total. The van der Waals surface area contributed by atoms with Crippen molar-refractivity contribution in [1.82, 2.24) is 10.2 Å².